The van der Waals surface area contributed by atoms with Gasteiger partial charge in [0.2, 0.25) is 0 Å². The predicted molar refractivity (Wildman–Crippen MR) is 83.3 cm³/mol. The van der Waals surface area contributed by atoms with Crippen LogP contribution in [0, 0.1) is 18.3 Å². The molecule has 0 amide bonds. The molecule has 0 aromatic heterocycles. The fourth-order valence-electron chi connectivity index (χ4n) is 3.68. The van der Waals surface area contributed by atoms with Crippen LogP contribution in [0.3, 0.4) is 0 Å². The minimum absolute atomic E-state index is 0.454. The third-order valence-corrected chi connectivity index (χ3v) is 4.81. The van der Waals surface area contributed by atoms with E-state index < -0.39 is 0 Å². The first-order valence-corrected chi connectivity index (χ1v) is 7.71. The van der Waals surface area contributed by atoms with E-state index in [1.807, 2.05) is 0 Å². The second-order valence-corrected chi connectivity index (χ2v) is 7.24. The molecule has 1 heteroatoms. The van der Waals surface area contributed by atoms with Crippen molar-refractivity contribution in [1.29, 1.82) is 0 Å². The highest BCUT2D eigenvalue weighted by Crippen LogP contribution is 2.39. The second-order valence-electron chi connectivity index (χ2n) is 7.24. The molecular formula is C18H29N. The Labute approximate surface area is 118 Å². The van der Waals surface area contributed by atoms with E-state index >= 15 is 0 Å². The van der Waals surface area contributed by atoms with E-state index in [4.69, 9.17) is 0 Å². The molecule has 2 rings (SSSR count). The minimum Gasteiger partial charge on any atom is -0.307 e. The average molecular weight is 259 g/mol. The molecule has 0 aliphatic heterocycles. The van der Waals surface area contributed by atoms with Crippen molar-refractivity contribution in [2.75, 3.05) is 0 Å². The minimum atomic E-state index is 0.454. The van der Waals surface area contributed by atoms with Gasteiger partial charge in [-0.05, 0) is 55.6 Å². The molecule has 1 aromatic rings. The van der Waals surface area contributed by atoms with Crippen molar-refractivity contribution >= 4 is 0 Å². The van der Waals surface area contributed by atoms with Crippen LogP contribution in [0.25, 0.3) is 0 Å². The molecule has 3 atom stereocenters. The Kier molecular flexibility index (Phi) is 4.35. The lowest BCUT2D eigenvalue weighted by atomic mass is 9.70. The number of benzene rings is 1. The van der Waals surface area contributed by atoms with Crippen molar-refractivity contribution in [2.45, 2.75) is 66.0 Å². The van der Waals surface area contributed by atoms with Crippen LogP contribution >= 0.6 is 0 Å². The maximum Gasteiger partial charge on any atom is 0.0297 e. The highest BCUT2D eigenvalue weighted by atomic mass is 15.0. The van der Waals surface area contributed by atoms with Crippen LogP contribution in [0.15, 0.2) is 24.3 Å². The normalized spacial score (nSPS) is 28.1. The van der Waals surface area contributed by atoms with Crippen LogP contribution < -0.4 is 5.32 Å². The van der Waals surface area contributed by atoms with Crippen LogP contribution in [0.2, 0.25) is 0 Å². The van der Waals surface area contributed by atoms with Crippen LogP contribution in [0.4, 0.5) is 0 Å². The number of aryl methyl sites for hydroxylation is 1. The lowest BCUT2D eigenvalue weighted by Gasteiger charge is -2.41. The third kappa shape index (κ3) is 3.60. The molecule has 0 heterocycles. The van der Waals surface area contributed by atoms with Crippen molar-refractivity contribution in [3.63, 3.8) is 0 Å². The zero-order chi connectivity index (χ0) is 14.0. The first-order valence-electron chi connectivity index (χ1n) is 7.71. The number of hydrogen-bond donors (Lipinski definition) is 1. The summed E-state index contributed by atoms with van der Waals surface area (Å²) in [5.41, 5.74) is 3.37. The SMILES string of the molecule is Cc1ccccc1[C@H](C)NC1CCC(C)(C)CC1C. The summed E-state index contributed by atoms with van der Waals surface area (Å²) in [6, 6.07) is 9.86. The Bertz CT molecular complexity index is 421. The molecule has 0 bridgehead atoms. The highest BCUT2D eigenvalue weighted by Gasteiger charge is 2.32. The Morgan fingerprint density at radius 2 is 1.95 bits per heavy atom. The second kappa shape index (κ2) is 5.66. The van der Waals surface area contributed by atoms with E-state index in [-0.39, 0.29) is 0 Å². The molecule has 0 radical (unpaired) electrons. The Balaban J connectivity index is 2.00. The largest absolute Gasteiger partial charge is 0.307 e. The Hall–Kier alpha value is -0.820. The molecular weight excluding hydrogens is 230 g/mol. The topological polar surface area (TPSA) is 12.0 Å². The van der Waals surface area contributed by atoms with Gasteiger partial charge in [-0.15, -0.1) is 0 Å². The van der Waals surface area contributed by atoms with Gasteiger partial charge in [0.05, 0.1) is 0 Å². The van der Waals surface area contributed by atoms with E-state index in [1.54, 1.807) is 0 Å². The molecule has 1 saturated carbocycles. The lowest BCUT2D eigenvalue weighted by molar-refractivity contribution is 0.142. The molecule has 0 saturated heterocycles. The zero-order valence-electron chi connectivity index (χ0n) is 13.2. The smallest absolute Gasteiger partial charge is 0.0297 e. The molecule has 106 valence electrons. The first-order chi connectivity index (χ1) is 8.89. The zero-order valence-corrected chi connectivity index (χ0v) is 13.2. The molecule has 1 fully saturated rings. The van der Waals surface area contributed by atoms with Crippen LogP contribution in [-0.2, 0) is 0 Å². The summed E-state index contributed by atoms with van der Waals surface area (Å²) in [5.74, 6) is 0.773. The van der Waals surface area contributed by atoms with Gasteiger partial charge in [0.1, 0.15) is 0 Å². The van der Waals surface area contributed by atoms with E-state index in [0.717, 1.165) is 5.92 Å². The molecule has 1 nitrogen and oxygen atoms in total. The van der Waals surface area contributed by atoms with Crippen LogP contribution in [-0.4, -0.2) is 6.04 Å². The van der Waals surface area contributed by atoms with Gasteiger partial charge < -0.3 is 5.32 Å². The lowest BCUT2D eigenvalue weighted by Crippen LogP contribution is -2.42. The third-order valence-electron chi connectivity index (χ3n) is 4.81. The number of hydrogen-bond acceptors (Lipinski definition) is 1. The standard InChI is InChI=1S/C18H29N/c1-13-8-6-7-9-16(13)15(3)19-17-10-11-18(4,5)12-14(17)2/h6-9,14-15,17,19H,10-12H2,1-5H3/t14?,15-,17?/m0/s1. The van der Waals surface area contributed by atoms with Gasteiger partial charge in [-0.2, -0.15) is 0 Å². The molecule has 2 unspecified atom stereocenters. The summed E-state index contributed by atoms with van der Waals surface area (Å²) < 4.78 is 0. The molecule has 0 spiro atoms. The fourth-order valence-corrected chi connectivity index (χ4v) is 3.68. The quantitative estimate of drug-likeness (QED) is 0.817. The Morgan fingerprint density at radius 3 is 2.58 bits per heavy atom. The van der Waals surface area contributed by atoms with Gasteiger partial charge in [-0.25, -0.2) is 0 Å². The van der Waals surface area contributed by atoms with E-state index in [2.05, 4.69) is 64.2 Å². The molecule has 1 aromatic carbocycles. The van der Waals surface area contributed by atoms with E-state index in [0.29, 0.717) is 17.5 Å². The van der Waals surface area contributed by atoms with Gasteiger partial charge in [-0.3, -0.25) is 0 Å². The predicted octanol–water partition coefficient (Wildman–Crippen LogP) is 4.86. The van der Waals surface area contributed by atoms with Crippen LogP contribution in [0.1, 0.15) is 64.1 Å². The Morgan fingerprint density at radius 1 is 1.26 bits per heavy atom. The van der Waals surface area contributed by atoms with Gasteiger partial charge in [0.25, 0.3) is 0 Å². The van der Waals surface area contributed by atoms with Crippen molar-refractivity contribution < 1.29 is 0 Å². The summed E-state index contributed by atoms with van der Waals surface area (Å²) in [6.45, 7) is 11.7. The first kappa shape index (κ1) is 14.6. The number of rotatable bonds is 3. The van der Waals surface area contributed by atoms with Gasteiger partial charge in [-0.1, -0.05) is 45.0 Å². The average Bonchev–Trinajstić information content (AvgIpc) is 2.32. The molecule has 1 N–H and O–H groups in total. The monoisotopic (exact) mass is 259 g/mol. The number of nitrogens with one attached hydrogen (secondary N) is 1. The van der Waals surface area contributed by atoms with Gasteiger partial charge in [0, 0.05) is 12.1 Å². The maximum absolute atomic E-state index is 3.86. The van der Waals surface area contributed by atoms with Crippen molar-refractivity contribution in [3.8, 4) is 0 Å². The summed E-state index contributed by atoms with van der Waals surface area (Å²) in [5, 5.41) is 3.86. The summed E-state index contributed by atoms with van der Waals surface area (Å²) in [4.78, 5) is 0. The molecule has 1 aliphatic rings. The van der Waals surface area contributed by atoms with Crippen molar-refractivity contribution in [1.82, 2.24) is 5.32 Å². The van der Waals surface area contributed by atoms with Gasteiger partial charge >= 0.3 is 0 Å². The van der Waals surface area contributed by atoms with Gasteiger partial charge in [0.15, 0.2) is 0 Å². The van der Waals surface area contributed by atoms with Crippen molar-refractivity contribution in [3.05, 3.63) is 35.4 Å². The van der Waals surface area contributed by atoms with Crippen molar-refractivity contribution in [2.24, 2.45) is 11.3 Å². The fraction of sp³-hybridized carbons (Fsp3) is 0.667. The molecule has 19 heavy (non-hydrogen) atoms. The summed E-state index contributed by atoms with van der Waals surface area (Å²) >= 11 is 0. The summed E-state index contributed by atoms with van der Waals surface area (Å²) in [7, 11) is 0. The highest BCUT2D eigenvalue weighted by molar-refractivity contribution is 5.28. The van der Waals surface area contributed by atoms with E-state index in [9.17, 15) is 0 Å². The van der Waals surface area contributed by atoms with E-state index in [1.165, 1.54) is 30.4 Å². The van der Waals surface area contributed by atoms with Crippen LogP contribution in [0.5, 0.6) is 0 Å². The summed E-state index contributed by atoms with van der Waals surface area (Å²) in [6.07, 6.45) is 3.99. The molecule has 1 aliphatic carbocycles. The maximum atomic E-state index is 3.86.